The zero-order chi connectivity index (χ0) is 15.7. The summed E-state index contributed by atoms with van der Waals surface area (Å²) in [6, 6.07) is 9.38. The van der Waals surface area contributed by atoms with Crippen LogP contribution in [-0.2, 0) is 14.3 Å². The third kappa shape index (κ3) is 5.89. The lowest BCUT2D eigenvalue weighted by molar-refractivity contribution is -0.145. The molecule has 0 unspecified atom stereocenters. The molecule has 0 aromatic heterocycles. The van der Waals surface area contributed by atoms with Crippen LogP contribution in [0.3, 0.4) is 0 Å². The van der Waals surface area contributed by atoms with Gasteiger partial charge >= 0.3 is 5.97 Å². The predicted molar refractivity (Wildman–Crippen MR) is 82.9 cm³/mol. The number of ether oxygens (including phenoxy) is 1. The minimum atomic E-state index is -0.391. The van der Waals surface area contributed by atoms with Crippen molar-refractivity contribution in [3.8, 4) is 0 Å². The normalized spacial score (nSPS) is 13.5. The van der Waals surface area contributed by atoms with E-state index in [9.17, 15) is 14.7 Å². The minimum Gasteiger partial charge on any atom is -0.466 e. The quantitative estimate of drug-likeness (QED) is 0.591. The fraction of sp³-hybridized carbons (Fsp3) is 0.500. The highest BCUT2D eigenvalue weighted by Gasteiger charge is 2.29. The summed E-state index contributed by atoms with van der Waals surface area (Å²) in [7, 11) is 0. The van der Waals surface area contributed by atoms with E-state index in [2.05, 4.69) is 0 Å². The van der Waals surface area contributed by atoms with Crippen LogP contribution in [0.1, 0.15) is 26.7 Å². The van der Waals surface area contributed by atoms with Gasteiger partial charge < -0.3 is 9.84 Å². The Balaban J connectivity index is 2.69. The highest BCUT2D eigenvalue weighted by Crippen LogP contribution is 2.29. The van der Waals surface area contributed by atoms with E-state index in [1.54, 1.807) is 6.92 Å². The van der Waals surface area contributed by atoms with Gasteiger partial charge in [-0.15, -0.1) is 0 Å². The van der Waals surface area contributed by atoms with Crippen molar-refractivity contribution < 1.29 is 19.4 Å². The fourth-order valence-corrected chi connectivity index (χ4v) is 3.18. The molecule has 21 heavy (non-hydrogen) atoms. The number of benzene rings is 1. The van der Waals surface area contributed by atoms with Crippen LogP contribution in [0.15, 0.2) is 35.2 Å². The molecule has 0 aliphatic heterocycles. The Morgan fingerprint density at radius 3 is 2.43 bits per heavy atom. The smallest absolute Gasteiger partial charge is 0.306 e. The number of carbonyl (C=O) groups is 2. The molecule has 1 aromatic carbocycles. The molecule has 1 aromatic rings. The number of rotatable bonds is 8. The van der Waals surface area contributed by atoms with E-state index in [0.29, 0.717) is 13.0 Å². The summed E-state index contributed by atoms with van der Waals surface area (Å²) in [5.41, 5.74) is 0. The van der Waals surface area contributed by atoms with Gasteiger partial charge in [-0.3, -0.25) is 9.59 Å². The zero-order valence-corrected chi connectivity index (χ0v) is 13.3. The maximum atomic E-state index is 12.4. The second kappa shape index (κ2) is 9.58. The molecule has 0 aliphatic carbocycles. The third-order valence-electron chi connectivity index (χ3n) is 3.24. The molecule has 0 fully saturated rings. The number of aliphatic hydroxyl groups excluding tert-OH is 1. The van der Waals surface area contributed by atoms with Crippen LogP contribution in [0, 0.1) is 11.8 Å². The second-order valence-electron chi connectivity index (χ2n) is 4.70. The van der Waals surface area contributed by atoms with E-state index >= 15 is 0 Å². The number of esters is 1. The van der Waals surface area contributed by atoms with E-state index in [1.165, 1.54) is 0 Å². The van der Waals surface area contributed by atoms with Crippen LogP contribution < -0.4 is 0 Å². The highest BCUT2D eigenvalue weighted by molar-refractivity contribution is 8.13. The first kappa shape index (κ1) is 17.7. The van der Waals surface area contributed by atoms with E-state index in [1.807, 2.05) is 37.3 Å². The van der Waals surface area contributed by atoms with E-state index in [-0.39, 0.29) is 30.0 Å². The van der Waals surface area contributed by atoms with Gasteiger partial charge in [-0.1, -0.05) is 36.9 Å². The third-order valence-corrected chi connectivity index (χ3v) is 4.25. The average molecular weight is 310 g/mol. The fourth-order valence-electron chi connectivity index (χ4n) is 2.14. The Bertz CT molecular complexity index is 447. The molecule has 1 N–H and O–H groups in total. The van der Waals surface area contributed by atoms with Crippen LogP contribution in [-0.4, -0.2) is 29.4 Å². The summed E-state index contributed by atoms with van der Waals surface area (Å²) in [5.74, 6) is -1.12. The zero-order valence-electron chi connectivity index (χ0n) is 12.5. The van der Waals surface area contributed by atoms with Crippen molar-refractivity contribution in [1.29, 1.82) is 0 Å². The molecule has 0 saturated heterocycles. The molecule has 0 saturated carbocycles. The van der Waals surface area contributed by atoms with Gasteiger partial charge in [0.05, 0.1) is 13.0 Å². The molecular weight excluding hydrogens is 288 g/mol. The molecule has 0 spiro atoms. The van der Waals surface area contributed by atoms with Crippen LogP contribution in [0.2, 0.25) is 0 Å². The van der Waals surface area contributed by atoms with Crippen LogP contribution in [0.4, 0.5) is 0 Å². The Hall–Kier alpha value is -1.33. The van der Waals surface area contributed by atoms with Gasteiger partial charge in [0.2, 0.25) is 0 Å². The molecule has 5 heteroatoms. The van der Waals surface area contributed by atoms with Crippen molar-refractivity contribution >= 4 is 22.8 Å². The van der Waals surface area contributed by atoms with E-state index in [0.717, 1.165) is 16.7 Å². The Morgan fingerprint density at radius 1 is 1.24 bits per heavy atom. The van der Waals surface area contributed by atoms with Crippen LogP contribution in [0.25, 0.3) is 0 Å². The van der Waals surface area contributed by atoms with Crippen LogP contribution >= 0.6 is 11.8 Å². The molecule has 1 rings (SSSR count). The Labute approximate surface area is 129 Å². The topological polar surface area (TPSA) is 63.6 Å². The summed E-state index contributed by atoms with van der Waals surface area (Å²) in [6.45, 7) is 3.74. The largest absolute Gasteiger partial charge is 0.466 e. The predicted octanol–water partition coefficient (Wildman–Crippen LogP) is 2.89. The SMILES string of the molecule is CCOC(=O)C[C@H](CO)[C@H](CC)C(=O)Sc1ccccc1. The monoisotopic (exact) mass is 310 g/mol. The number of thioether (sulfide) groups is 1. The van der Waals surface area contributed by atoms with Crippen molar-refractivity contribution in [3.63, 3.8) is 0 Å². The van der Waals surface area contributed by atoms with Gasteiger partial charge in [0.1, 0.15) is 0 Å². The summed E-state index contributed by atoms with van der Waals surface area (Å²) < 4.78 is 4.90. The first-order chi connectivity index (χ1) is 10.1. The second-order valence-corrected chi connectivity index (χ2v) is 5.78. The van der Waals surface area contributed by atoms with Gasteiger partial charge in [-0.05, 0) is 25.5 Å². The van der Waals surface area contributed by atoms with Gasteiger partial charge in [-0.2, -0.15) is 0 Å². The molecule has 0 amide bonds. The summed E-state index contributed by atoms with van der Waals surface area (Å²) in [5, 5.41) is 9.47. The van der Waals surface area contributed by atoms with E-state index in [4.69, 9.17) is 4.74 Å². The van der Waals surface area contributed by atoms with Gasteiger partial charge in [0.25, 0.3) is 0 Å². The molecule has 4 nitrogen and oxygen atoms in total. The van der Waals surface area contributed by atoms with Crippen molar-refractivity contribution in [2.45, 2.75) is 31.6 Å². The maximum absolute atomic E-state index is 12.4. The van der Waals surface area contributed by atoms with Crippen molar-refractivity contribution in [2.75, 3.05) is 13.2 Å². The van der Waals surface area contributed by atoms with Crippen molar-refractivity contribution in [2.24, 2.45) is 11.8 Å². The van der Waals surface area contributed by atoms with Crippen molar-refractivity contribution in [1.82, 2.24) is 0 Å². The molecule has 116 valence electrons. The number of aliphatic hydroxyl groups is 1. The molecule has 0 aliphatic rings. The summed E-state index contributed by atoms with van der Waals surface area (Å²) in [6.07, 6.45) is 0.660. The van der Waals surface area contributed by atoms with Gasteiger partial charge in [-0.25, -0.2) is 0 Å². The van der Waals surface area contributed by atoms with Crippen molar-refractivity contribution in [3.05, 3.63) is 30.3 Å². The molecular formula is C16H22O4S. The van der Waals surface area contributed by atoms with E-state index < -0.39 is 5.92 Å². The maximum Gasteiger partial charge on any atom is 0.306 e. The lowest BCUT2D eigenvalue weighted by atomic mass is 9.89. The Kier molecular flexibility index (Phi) is 8.08. The van der Waals surface area contributed by atoms with Gasteiger partial charge in [0.15, 0.2) is 5.12 Å². The first-order valence-electron chi connectivity index (χ1n) is 7.15. The lowest BCUT2D eigenvalue weighted by Crippen LogP contribution is -2.27. The standard InChI is InChI=1S/C16H22O4S/c1-3-14(12(11-17)10-15(18)20-4-2)16(19)21-13-8-6-5-7-9-13/h5-9,12,14,17H,3-4,10-11H2,1-2H3/t12-,14+/m1/s1. The van der Waals surface area contributed by atoms with Gasteiger partial charge in [0, 0.05) is 23.3 Å². The molecule has 0 heterocycles. The molecule has 0 radical (unpaired) electrons. The Morgan fingerprint density at radius 2 is 1.90 bits per heavy atom. The highest BCUT2D eigenvalue weighted by atomic mass is 32.2. The lowest BCUT2D eigenvalue weighted by Gasteiger charge is -2.22. The van der Waals surface area contributed by atoms with Crippen LogP contribution in [0.5, 0.6) is 0 Å². The number of hydrogen-bond acceptors (Lipinski definition) is 5. The number of carbonyl (C=O) groups excluding carboxylic acids is 2. The average Bonchev–Trinajstić information content (AvgIpc) is 2.48. The minimum absolute atomic E-state index is 0.0213. The first-order valence-corrected chi connectivity index (χ1v) is 7.97. The molecule has 2 atom stereocenters. The summed E-state index contributed by atoms with van der Waals surface area (Å²) >= 11 is 1.16. The molecule has 0 bridgehead atoms. The summed E-state index contributed by atoms with van der Waals surface area (Å²) in [4.78, 5) is 24.8. The number of hydrogen-bond donors (Lipinski definition) is 1.